The van der Waals surface area contributed by atoms with Crippen LogP contribution < -0.4 is 14.2 Å². The maximum absolute atomic E-state index is 13.4. The highest BCUT2D eigenvalue weighted by Gasteiger charge is 2.43. The van der Waals surface area contributed by atoms with E-state index in [9.17, 15) is 4.79 Å². The van der Waals surface area contributed by atoms with Crippen LogP contribution in [-0.4, -0.2) is 41.3 Å². The highest BCUT2D eigenvalue weighted by atomic mass is 16.5. The van der Waals surface area contributed by atoms with Crippen molar-refractivity contribution < 1.29 is 19.0 Å². The molecule has 1 unspecified atom stereocenters. The lowest BCUT2D eigenvalue weighted by atomic mass is 9.95. The number of aromatic nitrogens is 2. The molecule has 7 heteroatoms. The van der Waals surface area contributed by atoms with Gasteiger partial charge in [-0.15, -0.1) is 0 Å². The Balaban J connectivity index is 1.54. The van der Waals surface area contributed by atoms with Crippen LogP contribution in [0.3, 0.4) is 0 Å². The van der Waals surface area contributed by atoms with Crippen molar-refractivity contribution in [2.75, 3.05) is 14.2 Å². The van der Waals surface area contributed by atoms with E-state index in [0.29, 0.717) is 23.8 Å². The van der Waals surface area contributed by atoms with Crippen molar-refractivity contribution >= 4 is 5.91 Å². The Labute approximate surface area is 210 Å². The second-order valence-electron chi connectivity index (χ2n) is 8.98. The van der Waals surface area contributed by atoms with Crippen molar-refractivity contribution in [3.8, 4) is 28.5 Å². The predicted octanol–water partition coefficient (Wildman–Crippen LogP) is 5.63. The minimum Gasteiger partial charge on any atom is -0.497 e. The number of hydrogen-bond acceptors (Lipinski definition) is 5. The molecule has 1 aliphatic heterocycles. The summed E-state index contributed by atoms with van der Waals surface area (Å²) >= 11 is 0. The summed E-state index contributed by atoms with van der Waals surface area (Å²) in [6.07, 6.45) is 0. The van der Waals surface area contributed by atoms with Gasteiger partial charge >= 0.3 is 0 Å². The number of carbonyl (C=O) groups excluding carboxylic acids is 1. The van der Waals surface area contributed by atoms with Crippen LogP contribution in [0.2, 0.25) is 0 Å². The molecule has 1 atom stereocenters. The maximum atomic E-state index is 13.4. The second-order valence-corrected chi connectivity index (χ2v) is 8.98. The molecule has 1 aromatic heterocycles. The Hall–Kier alpha value is -4.26. The van der Waals surface area contributed by atoms with Crippen molar-refractivity contribution in [1.29, 1.82) is 0 Å². The van der Waals surface area contributed by atoms with Crippen molar-refractivity contribution in [1.82, 2.24) is 15.1 Å². The van der Waals surface area contributed by atoms with Crippen molar-refractivity contribution in [2.45, 2.75) is 32.5 Å². The quantitative estimate of drug-likeness (QED) is 0.352. The summed E-state index contributed by atoms with van der Waals surface area (Å²) < 4.78 is 17.1. The van der Waals surface area contributed by atoms with Crippen LogP contribution in [0.15, 0.2) is 72.8 Å². The predicted molar refractivity (Wildman–Crippen MR) is 137 cm³/mol. The fourth-order valence-corrected chi connectivity index (χ4v) is 4.70. The largest absolute Gasteiger partial charge is 0.497 e. The first-order valence-electron chi connectivity index (χ1n) is 11.9. The Morgan fingerprint density at radius 2 is 1.69 bits per heavy atom. The number of rotatable bonds is 8. The average Bonchev–Trinajstić information content (AvgIpc) is 3.47. The summed E-state index contributed by atoms with van der Waals surface area (Å²) in [7, 11) is 3.26. The van der Waals surface area contributed by atoms with Gasteiger partial charge in [-0.1, -0.05) is 36.4 Å². The fraction of sp³-hybridized carbons (Fsp3) is 0.241. The third-order valence-electron chi connectivity index (χ3n) is 6.46. The van der Waals surface area contributed by atoms with Gasteiger partial charge in [-0.05, 0) is 61.4 Å². The first-order chi connectivity index (χ1) is 17.5. The number of ether oxygens (including phenoxy) is 3. The summed E-state index contributed by atoms with van der Waals surface area (Å²) in [5.74, 6) is 1.95. The van der Waals surface area contributed by atoms with E-state index >= 15 is 0 Å². The molecular weight excluding hydrogens is 454 g/mol. The molecule has 7 nitrogen and oxygen atoms in total. The van der Waals surface area contributed by atoms with Crippen LogP contribution in [0.4, 0.5) is 0 Å². The highest BCUT2D eigenvalue weighted by Crippen LogP contribution is 2.45. The molecule has 0 aliphatic carbocycles. The molecule has 2 heterocycles. The van der Waals surface area contributed by atoms with Crippen LogP contribution in [-0.2, 0) is 6.61 Å². The smallest absolute Gasteiger partial charge is 0.273 e. The molecule has 3 aromatic carbocycles. The third-order valence-corrected chi connectivity index (χ3v) is 6.46. The van der Waals surface area contributed by atoms with Gasteiger partial charge in [0, 0.05) is 17.2 Å². The Bertz CT molecular complexity index is 1360. The molecule has 184 valence electrons. The Kier molecular flexibility index (Phi) is 6.38. The zero-order valence-corrected chi connectivity index (χ0v) is 20.8. The van der Waals surface area contributed by atoms with Gasteiger partial charge in [0.1, 0.15) is 18.1 Å². The van der Waals surface area contributed by atoms with Gasteiger partial charge < -0.3 is 19.1 Å². The SMILES string of the molecule is COc1ccc(-c2n[nH]c3c2C(c2ccc(OCc4ccccc4)c(OC)c2)N(C(C)C)C3=O)cc1. The fourth-order valence-electron chi connectivity index (χ4n) is 4.70. The number of carbonyl (C=O) groups is 1. The van der Waals surface area contributed by atoms with Gasteiger partial charge in [0.15, 0.2) is 11.5 Å². The van der Waals surface area contributed by atoms with Gasteiger partial charge in [-0.3, -0.25) is 9.89 Å². The summed E-state index contributed by atoms with van der Waals surface area (Å²) in [6.45, 7) is 4.47. The van der Waals surface area contributed by atoms with Crippen LogP contribution in [0, 0.1) is 0 Å². The van der Waals surface area contributed by atoms with Crippen LogP contribution >= 0.6 is 0 Å². The number of nitrogens with one attached hydrogen (secondary N) is 1. The summed E-state index contributed by atoms with van der Waals surface area (Å²) in [5, 5.41) is 7.54. The summed E-state index contributed by atoms with van der Waals surface area (Å²) in [4.78, 5) is 15.3. The molecule has 0 saturated heterocycles. The lowest BCUT2D eigenvalue weighted by Crippen LogP contribution is -2.35. The maximum Gasteiger partial charge on any atom is 0.273 e. The Morgan fingerprint density at radius 1 is 0.944 bits per heavy atom. The molecule has 0 bridgehead atoms. The topological polar surface area (TPSA) is 76.7 Å². The first-order valence-corrected chi connectivity index (χ1v) is 11.9. The zero-order valence-electron chi connectivity index (χ0n) is 20.8. The van der Waals surface area contributed by atoms with Gasteiger partial charge in [-0.25, -0.2) is 0 Å². The van der Waals surface area contributed by atoms with E-state index in [1.807, 2.05) is 91.5 Å². The minimum atomic E-state index is -0.319. The second kappa shape index (κ2) is 9.77. The van der Waals surface area contributed by atoms with Crippen molar-refractivity contribution in [2.24, 2.45) is 0 Å². The molecule has 0 spiro atoms. The molecule has 1 N–H and O–H groups in total. The van der Waals surface area contributed by atoms with E-state index in [1.165, 1.54) is 0 Å². The molecule has 36 heavy (non-hydrogen) atoms. The van der Waals surface area contributed by atoms with Gasteiger partial charge in [0.25, 0.3) is 5.91 Å². The first kappa shape index (κ1) is 23.5. The molecule has 1 aliphatic rings. The van der Waals surface area contributed by atoms with E-state index in [0.717, 1.165) is 33.7 Å². The summed E-state index contributed by atoms with van der Waals surface area (Å²) in [6, 6.07) is 23.2. The average molecular weight is 484 g/mol. The van der Waals surface area contributed by atoms with E-state index in [4.69, 9.17) is 14.2 Å². The number of hydrogen-bond donors (Lipinski definition) is 1. The minimum absolute atomic E-state index is 0.0213. The third kappa shape index (κ3) is 4.17. The number of amides is 1. The number of H-pyrrole nitrogens is 1. The monoisotopic (exact) mass is 483 g/mol. The molecule has 4 aromatic rings. The van der Waals surface area contributed by atoms with E-state index < -0.39 is 0 Å². The van der Waals surface area contributed by atoms with E-state index in [-0.39, 0.29) is 18.0 Å². The molecular formula is C29H29N3O4. The van der Waals surface area contributed by atoms with Crippen LogP contribution in [0.5, 0.6) is 17.2 Å². The van der Waals surface area contributed by atoms with Crippen molar-refractivity contribution in [3.63, 3.8) is 0 Å². The van der Waals surface area contributed by atoms with Gasteiger partial charge in [-0.2, -0.15) is 5.10 Å². The Morgan fingerprint density at radius 3 is 2.36 bits per heavy atom. The highest BCUT2D eigenvalue weighted by molar-refractivity contribution is 6.00. The molecule has 1 amide bonds. The van der Waals surface area contributed by atoms with Crippen LogP contribution in [0.1, 0.15) is 47.1 Å². The van der Waals surface area contributed by atoms with Gasteiger partial charge in [0.05, 0.1) is 26.0 Å². The lowest BCUT2D eigenvalue weighted by Gasteiger charge is -2.30. The number of fused-ring (bicyclic) bond motifs is 1. The standard InChI is InChI=1S/C29H29N3O4/c1-18(2)32-28(21-12-15-23(24(16-21)35-4)36-17-19-8-6-5-7-9-19)25-26(30-31-27(25)29(32)33)20-10-13-22(34-3)14-11-20/h5-16,18,28H,17H2,1-4H3,(H,30,31). The van der Waals surface area contributed by atoms with Gasteiger partial charge in [0.2, 0.25) is 0 Å². The van der Waals surface area contributed by atoms with E-state index in [1.54, 1.807) is 14.2 Å². The van der Waals surface area contributed by atoms with Crippen molar-refractivity contribution in [3.05, 3.63) is 95.2 Å². The number of benzene rings is 3. The number of nitrogens with zero attached hydrogens (tertiary/aromatic N) is 2. The summed E-state index contributed by atoms with van der Waals surface area (Å²) in [5.41, 5.74) is 5.03. The zero-order chi connectivity index (χ0) is 25.2. The van der Waals surface area contributed by atoms with E-state index in [2.05, 4.69) is 10.2 Å². The molecule has 0 radical (unpaired) electrons. The number of aromatic amines is 1. The molecule has 5 rings (SSSR count). The van der Waals surface area contributed by atoms with Crippen LogP contribution in [0.25, 0.3) is 11.3 Å². The lowest BCUT2D eigenvalue weighted by molar-refractivity contribution is 0.0687. The molecule has 0 fully saturated rings. The number of methoxy groups -OCH3 is 2. The molecule has 0 saturated carbocycles. The normalized spacial score (nSPS) is 14.8.